The molecule has 0 saturated carbocycles. The highest BCUT2D eigenvalue weighted by atomic mass is 16.2. The van der Waals surface area contributed by atoms with Crippen molar-refractivity contribution in [3.8, 4) is 0 Å². The summed E-state index contributed by atoms with van der Waals surface area (Å²) in [6.45, 7) is 7.23. The van der Waals surface area contributed by atoms with Crippen LogP contribution in [0.3, 0.4) is 0 Å². The van der Waals surface area contributed by atoms with Gasteiger partial charge in [-0.2, -0.15) is 0 Å². The van der Waals surface area contributed by atoms with E-state index in [9.17, 15) is 4.79 Å². The Morgan fingerprint density at radius 1 is 1.24 bits per heavy atom. The number of aryl methyl sites for hydroxylation is 2. The molecule has 0 bridgehead atoms. The van der Waals surface area contributed by atoms with Crippen molar-refractivity contribution in [2.75, 3.05) is 26.7 Å². The second-order valence-corrected chi connectivity index (χ2v) is 6.20. The van der Waals surface area contributed by atoms with Crippen LogP contribution in [0.1, 0.15) is 37.3 Å². The molecular formula is C18H28N2O. The molecule has 0 radical (unpaired) electrons. The van der Waals surface area contributed by atoms with E-state index in [0.717, 1.165) is 38.9 Å². The molecule has 1 aromatic carbocycles. The second kappa shape index (κ2) is 7.60. The maximum Gasteiger partial charge on any atom is 0.223 e. The van der Waals surface area contributed by atoms with Crippen molar-refractivity contribution < 1.29 is 4.79 Å². The summed E-state index contributed by atoms with van der Waals surface area (Å²) in [6.07, 6.45) is 3.70. The normalized spacial score (nSPS) is 16.9. The minimum absolute atomic E-state index is 0.313. The summed E-state index contributed by atoms with van der Waals surface area (Å²) in [5, 5.41) is 0. The Labute approximate surface area is 128 Å². The molecule has 1 fully saturated rings. The number of piperidine rings is 1. The highest BCUT2D eigenvalue weighted by molar-refractivity contribution is 5.76. The Morgan fingerprint density at radius 3 is 2.43 bits per heavy atom. The lowest BCUT2D eigenvalue weighted by atomic mass is 10.0. The van der Waals surface area contributed by atoms with Crippen LogP contribution in [0, 0.1) is 6.92 Å². The third-order valence-electron chi connectivity index (χ3n) is 4.54. The fourth-order valence-electron chi connectivity index (χ4n) is 3.09. The Morgan fingerprint density at radius 2 is 1.86 bits per heavy atom. The van der Waals surface area contributed by atoms with Crippen molar-refractivity contribution >= 4 is 5.91 Å². The zero-order valence-electron chi connectivity index (χ0n) is 13.6. The quantitative estimate of drug-likeness (QED) is 0.832. The predicted molar refractivity (Wildman–Crippen MR) is 87.4 cm³/mol. The lowest BCUT2D eigenvalue weighted by molar-refractivity contribution is -0.134. The molecule has 0 spiro atoms. The number of benzene rings is 1. The van der Waals surface area contributed by atoms with Crippen LogP contribution in [-0.2, 0) is 11.2 Å². The van der Waals surface area contributed by atoms with Crippen LogP contribution in [0.25, 0.3) is 0 Å². The number of hydrogen-bond donors (Lipinski definition) is 0. The Hall–Kier alpha value is -1.35. The lowest BCUT2D eigenvalue weighted by Crippen LogP contribution is -2.46. The topological polar surface area (TPSA) is 23.6 Å². The molecule has 0 atom stereocenters. The van der Waals surface area contributed by atoms with Crippen molar-refractivity contribution in [1.29, 1.82) is 0 Å². The van der Waals surface area contributed by atoms with Gasteiger partial charge in [-0.15, -0.1) is 0 Å². The van der Waals surface area contributed by atoms with Gasteiger partial charge in [0.2, 0.25) is 5.91 Å². The Balaban J connectivity index is 1.86. The van der Waals surface area contributed by atoms with Gasteiger partial charge in [0.1, 0.15) is 0 Å². The maximum absolute atomic E-state index is 12.5. The van der Waals surface area contributed by atoms with Gasteiger partial charge in [0.25, 0.3) is 0 Å². The van der Waals surface area contributed by atoms with E-state index in [0.29, 0.717) is 18.4 Å². The average molecular weight is 288 g/mol. The van der Waals surface area contributed by atoms with E-state index in [-0.39, 0.29) is 0 Å². The maximum atomic E-state index is 12.5. The molecule has 0 N–H and O–H groups in total. The minimum atomic E-state index is 0.313. The van der Waals surface area contributed by atoms with Crippen LogP contribution in [0.15, 0.2) is 24.3 Å². The van der Waals surface area contributed by atoms with Crippen molar-refractivity contribution in [3.05, 3.63) is 35.4 Å². The minimum Gasteiger partial charge on any atom is -0.340 e. The first-order valence-corrected chi connectivity index (χ1v) is 8.13. The Kier molecular flexibility index (Phi) is 5.80. The van der Waals surface area contributed by atoms with Gasteiger partial charge in [-0.1, -0.05) is 29.8 Å². The Bertz CT molecular complexity index is 447. The zero-order valence-corrected chi connectivity index (χ0v) is 13.6. The summed E-state index contributed by atoms with van der Waals surface area (Å²) >= 11 is 0. The first-order chi connectivity index (χ1) is 10.1. The summed E-state index contributed by atoms with van der Waals surface area (Å²) in [5.41, 5.74) is 2.53. The highest BCUT2D eigenvalue weighted by Gasteiger charge is 2.25. The number of likely N-dealkylation sites (tertiary alicyclic amines) is 1. The summed E-state index contributed by atoms with van der Waals surface area (Å²) in [4.78, 5) is 17.0. The number of nitrogens with zero attached hydrogens (tertiary/aromatic N) is 2. The SMILES string of the molecule is CCN(C(=O)CCc1ccc(C)cc1)C1CCN(C)CC1. The standard InChI is InChI=1S/C18H28N2O/c1-4-20(17-11-13-19(3)14-12-17)18(21)10-9-16-7-5-15(2)6-8-16/h5-8,17H,4,9-14H2,1-3H3. The number of hydrogen-bond acceptors (Lipinski definition) is 2. The number of carbonyl (C=O) groups is 1. The van der Waals surface area contributed by atoms with Gasteiger partial charge >= 0.3 is 0 Å². The second-order valence-electron chi connectivity index (χ2n) is 6.20. The monoisotopic (exact) mass is 288 g/mol. The van der Waals surface area contributed by atoms with Crippen LogP contribution in [0.2, 0.25) is 0 Å². The molecule has 116 valence electrons. The molecule has 1 amide bonds. The molecule has 0 unspecified atom stereocenters. The molecule has 0 aromatic heterocycles. The molecule has 1 aliphatic rings. The number of carbonyl (C=O) groups excluding carboxylic acids is 1. The zero-order chi connectivity index (χ0) is 15.2. The van der Waals surface area contributed by atoms with Crippen LogP contribution in [0.4, 0.5) is 0 Å². The average Bonchev–Trinajstić information content (AvgIpc) is 2.49. The van der Waals surface area contributed by atoms with Gasteiger partial charge < -0.3 is 9.80 Å². The van der Waals surface area contributed by atoms with Gasteiger partial charge in [-0.25, -0.2) is 0 Å². The number of amides is 1. The third kappa shape index (κ3) is 4.57. The van der Waals surface area contributed by atoms with Gasteiger partial charge in [0.15, 0.2) is 0 Å². The molecule has 0 aliphatic carbocycles. The smallest absolute Gasteiger partial charge is 0.223 e. The molecule has 1 saturated heterocycles. The van der Waals surface area contributed by atoms with Crippen LogP contribution < -0.4 is 0 Å². The van der Waals surface area contributed by atoms with Crippen molar-refractivity contribution in [2.24, 2.45) is 0 Å². The molecule has 1 heterocycles. The van der Waals surface area contributed by atoms with E-state index in [1.807, 2.05) is 0 Å². The highest BCUT2D eigenvalue weighted by Crippen LogP contribution is 2.17. The predicted octanol–water partition coefficient (Wildman–Crippen LogP) is 2.87. The van der Waals surface area contributed by atoms with Gasteiger partial charge in [-0.3, -0.25) is 4.79 Å². The summed E-state index contributed by atoms with van der Waals surface area (Å²) in [6, 6.07) is 8.95. The number of rotatable bonds is 5. The molecule has 1 aromatic rings. The molecule has 3 heteroatoms. The molecule has 2 rings (SSSR count). The molecule has 3 nitrogen and oxygen atoms in total. The summed E-state index contributed by atoms with van der Waals surface area (Å²) in [5.74, 6) is 0.313. The third-order valence-corrected chi connectivity index (χ3v) is 4.54. The van der Waals surface area contributed by atoms with Crippen molar-refractivity contribution in [1.82, 2.24) is 9.80 Å². The summed E-state index contributed by atoms with van der Waals surface area (Å²) in [7, 11) is 2.16. The van der Waals surface area contributed by atoms with Gasteiger partial charge in [-0.05, 0) is 58.8 Å². The van der Waals surface area contributed by atoms with Gasteiger partial charge in [0.05, 0.1) is 0 Å². The van der Waals surface area contributed by atoms with Crippen LogP contribution in [0.5, 0.6) is 0 Å². The molecular weight excluding hydrogens is 260 g/mol. The van der Waals surface area contributed by atoms with E-state index >= 15 is 0 Å². The fraction of sp³-hybridized carbons (Fsp3) is 0.611. The lowest BCUT2D eigenvalue weighted by Gasteiger charge is -2.37. The molecule has 21 heavy (non-hydrogen) atoms. The largest absolute Gasteiger partial charge is 0.340 e. The fourth-order valence-corrected chi connectivity index (χ4v) is 3.09. The van der Waals surface area contributed by atoms with Gasteiger partial charge in [0, 0.05) is 19.0 Å². The van der Waals surface area contributed by atoms with Crippen LogP contribution in [-0.4, -0.2) is 48.4 Å². The van der Waals surface area contributed by atoms with E-state index < -0.39 is 0 Å². The van der Waals surface area contributed by atoms with E-state index in [1.54, 1.807) is 0 Å². The van der Waals surface area contributed by atoms with E-state index in [4.69, 9.17) is 0 Å². The summed E-state index contributed by atoms with van der Waals surface area (Å²) < 4.78 is 0. The van der Waals surface area contributed by atoms with Crippen molar-refractivity contribution in [3.63, 3.8) is 0 Å². The van der Waals surface area contributed by atoms with Crippen molar-refractivity contribution in [2.45, 2.75) is 45.6 Å². The first kappa shape index (κ1) is 16.0. The van der Waals surface area contributed by atoms with E-state index in [2.05, 4.69) is 55.0 Å². The van der Waals surface area contributed by atoms with E-state index in [1.165, 1.54) is 11.1 Å². The van der Waals surface area contributed by atoms with Crippen LogP contribution >= 0.6 is 0 Å². The molecule has 1 aliphatic heterocycles. The first-order valence-electron chi connectivity index (χ1n) is 8.13.